The average molecular weight is 395 g/mol. The monoisotopic (exact) mass is 395 g/mol. The highest BCUT2D eigenvalue weighted by Gasteiger charge is 2.21. The van der Waals surface area contributed by atoms with Crippen molar-refractivity contribution >= 4 is 34.3 Å². The lowest BCUT2D eigenvalue weighted by molar-refractivity contribution is -0.135. The number of hydrazine groups is 1. The molecule has 4 rings (SSSR count). The molecule has 0 aliphatic carbocycles. The number of fused-ring (bicyclic) bond motifs is 3. The quantitative estimate of drug-likeness (QED) is 0.641. The first-order chi connectivity index (χ1) is 14.0. The van der Waals surface area contributed by atoms with Gasteiger partial charge in [0.25, 0.3) is 0 Å². The van der Waals surface area contributed by atoms with Crippen molar-refractivity contribution in [3.05, 3.63) is 30.1 Å². The summed E-state index contributed by atoms with van der Waals surface area (Å²) in [5, 5.41) is 5.23. The Morgan fingerprint density at radius 1 is 1.21 bits per heavy atom. The minimum absolute atomic E-state index is 0.0322. The maximum absolute atomic E-state index is 12.3. The van der Waals surface area contributed by atoms with Crippen molar-refractivity contribution in [3.8, 4) is 0 Å². The summed E-state index contributed by atoms with van der Waals surface area (Å²) in [7, 11) is 0. The molecule has 29 heavy (non-hydrogen) atoms. The number of aryl methyl sites for hydroxylation is 1. The number of amides is 2. The van der Waals surface area contributed by atoms with E-state index in [-0.39, 0.29) is 24.7 Å². The second-order valence-corrected chi connectivity index (χ2v) is 7.61. The van der Waals surface area contributed by atoms with E-state index in [1.54, 1.807) is 11.4 Å². The fourth-order valence-corrected chi connectivity index (χ4v) is 3.72. The lowest BCUT2D eigenvalue weighted by Gasteiger charge is -2.31. The van der Waals surface area contributed by atoms with E-state index in [9.17, 15) is 9.59 Å². The van der Waals surface area contributed by atoms with E-state index in [2.05, 4.69) is 32.8 Å². The van der Waals surface area contributed by atoms with Crippen molar-refractivity contribution in [2.24, 2.45) is 5.92 Å². The van der Waals surface area contributed by atoms with Gasteiger partial charge in [0.1, 0.15) is 5.82 Å². The lowest BCUT2D eigenvalue weighted by atomic mass is 10.00. The molecule has 2 aromatic heterocycles. The van der Waals surface area contributed by atoms with Gasteiger partial charge in [-0.1, -0.05) is 19.1 Å². The molecule has 1 atom stereocenters. The second-order valence-electron chi connectivity index (χ2n) is 7.61. The third kappa shape index (κ3) is 4.13. The van der Waals surface area contributed by atoms with E-state index in [1.165, 1.54) is 0 Å². The minimum atomic E-state index is -0.275. The number of aromatic nitrogens is 4. The van der Waals surface area contributed by atoms with Crippen LogP contribution in [0.2, 0.25) is 0 Å². The van der Waals surface area contributed by atoms with Crippen molar-refractivity contribution in [1.29, 1.82) is 0 Å². The summed E-state index contributed by atoms with van der Waals surface area (Å²) in [6, 6.07) is 7.62. The third-order valence-electron chi connectivity index (χ3n) is 5.17. The number of carbonyl (C=O) groups is 2. The van der Waals surface area contributed by atoms with Gasteiger partial charge >= 0.3 is 0 Å². The van der Waals surface area contributed by atoms with Crippen molar-refractivity contribution < 1.29 is 9.59 Å². The van der Waals surface area contributed by atoms with Crippen LogP contribution in [0.1, 0.15) is 38.4 Å². The number of nitrogens with zero attached hydrogens (tertiary/aromatic N) is 5. The SMILES string of the molecule is Cc1nc2c3ccccc3nc(NNC(=O)CCC(=O)N3CCC[C@@H](C)C3)n2n1. The molecule has 1 saturated heterocycles. The van der Waals surface area contributed by atoms with Crippen LogP contribution in [0.15, 0.2) is 24.3 Å². The largest absolute Gasteiger partial charge is 0.342 e. The standard InChI is InChI=1S/C20H25N7O2/c1-13-6-5-11-26(12-13)18(29)10-9-17(28)23-24-20-22-16-8-4-3-7-15(16)19-21-14(2)25-27(19)20/h3-4,7-8,13H,5-6,9-12H2,1-2H3,(H,22,24)(H,23,28)/t13-/m1/s1. The Kier molecular flexibility index (Phi) is 5.28. The van der Waals surface area contributed by atoms with E-state index in [4.69, 9.17) is 0 Å². The van der Waals surface area contributed by atoms with Crippen LogP contribution >= 0.6 is 0 Å². The van der Waals surface area contributed by atoms with Crippen LogP contribution in [0.4, 0.5) is 5.95 Å². The number of nitrogens with one attached hydrogen (secondary N) is 2. The summed E-state index contributed by atoms with van der Waals surface area (Å²) >= 11 is 0. The third-order valence-corrected chi connectivity index (χ3v) is 5.17. The average Bonchev–Trinajstić information content (AvgIpc) is 3.12. The number of para-hydroxylation sites is 1. The summed E-state index contributed by atoms with van der Waals surface area (Å²) in [6.07, 6.45) is 2.50. The Morgan fingerprint density at radius 3 is 2.86 bits per heavy atom. The predicted molar refractivity (Wildman–Crippen MR) is 109 cm³/mol. The summed E-state index contributed by atoms with van der Waals surface area (Å²) in [5.41, 5.74) is 6.86. The van der Waals surface area contributed by atoms with Crippen LogP contribution in [0.3, 0.4) is 0 Å². The fourth-order valence-electron chi connectivity index (χ4n) is 3.72. The molecule has 2 amide bonds. The van der Waals surface area contributed by atoms with Crippen LogP contribution in [-0.2, 0) is 9.59 Å². The van der Waals surface area contributed by atoms with Gasteiger partial charge in [0.05, 0.1) is 5.52 Å². The van der Waals surface area contributed by atoms with Crippen molar-refractivity contribution in [1.82, 2.24) is 29.9 Å². The van der Waals surface area contributed by atoms with E-state index in [0.29, 0.717) is 23.3 Å². The molecule has 9 heteroatoms. The van der Waals surface area contributed by atoms with Crippen molar-refractivity contribution in [3.63, 3.8) is 0 Å². The maximum atomic E-state index is 12.3. The molecule has 0 saturated carbocycles. The molecule has 0 radical (unpaired) electrons. The highest BCUT2D eigenvalue weighted by atomic mass is 16.2. The molecule has 1 aliphatic heterocycles. The Balaban J connectivity index is 1.40. The number of carbonyl (C=O) groups excluding carboxylic acids is 2. The number of likely N-dealkylation sites (tertiary alicyclic amines) is 1. The smallest absolute Gasteiger partial charge is 0.245 e. The molecule has 2 N–H and O–H groups in total. The Labute approximate surface area is 168 Å². The molecule has 1 fully saturated rings. The molecule has 0 unspecified atom stereocenters. The van der Waals surface area contributed by atoms with Gasteiger partial charge in [-0.3, -0.25) is 20.4 Å². The number of rotatable bonds is 5. The van der Waals surface area contributed by atoms with Crippen LogP contribution in [0.25, 0.3) is 16.6 Å². The zero-order valence-corrected chi connectivity index (χ0v) is 16.7. The normalized spacial score (nSPS) is 16.9. The molecule has 1 aromatic carbocycles. The lowest BCUT2D eigenvalue weighted by Crippen LogP contribution is -2.40. The van der Waals surface area contributed by atoms with Gasteiger partial charge in [-0.15, -0.1) is 5.10 Å². The van der Waals surface area contributed by atoms with Gasteiger partial charge in [0.15, 0.2) is 5.65 Å². The first kappa shape index (κ1) is 19.1. The van der Waals surface area contributed by atoms with Crippen LogP contribution in [0, 0.1) is 12.8 Å². The van der Waals surface area contributed by atoms with Crippen LogP contribution < -0.4 is 10.9 Å². The van der Waals surface area contributed by atoms with Gasteiger partial charge in [0.2, 0.25) is 17.8 Å². The Bertz CT molecular complexity index is 1060. The molecule has 9 nitrogen and oxygen atoms in total. The fraction of sp³-hybridized carbons (Fsp3) is 0.450. The topological polar surface area (TPSA) is 105 Å². The summed E-state index contributed by atoms with van der Waals surface area (Å²) in [4.78, 5) is 35.4. The van der Waals surface area contributed by atoms with Gasteiger partial charge < -0.3 is 4.90 Å². The number of anilines is 1. The van der Waals surface area contributed by atoms with Gasteiger partial charge in [-0.25, -0.2) is 9.97 Å². The number of piperidine rings is 1. The Hall–Kier alpha value is -3.23. The van der Waals surface area contributed by atoms with E-state index < -0.39 is 0 Å². The van der Waals surface area contributed by atoms with Crippen LogP contribution in [0.5, 0.6) is 0 Å². The maximum Gasteiger partial charge on any atom is 0.245 e. The minimum Gasteiger partial charge on any atom is -0.342 e. The zero-order valence-electron chi connectivity index (χ0n) is 16.7. The van der Waals surface area contributed by atoms with Crippen LogP contribution in [-0.4, -0.2) is 49.4 Å². The van der Waals surface area contributed by atoms with Gasteiger partial charge in [0, 0.05) is 31.3 Å². The molecular formula is C20H25N7O2. The van der Waals surface area contributed by atoms with E-state index in [1.807, 2.05) is 29.2 Å². The molecular weight excluding hydrogens is 370 g/mol. The van der Waals surface area contributed by atoms with E-state index in [0.717, 1.165) is 36.8 Å². The first-order valence-electron chi connectivity index (χ1n) is 9.96. The summed E-state index contributed by atoms with van der Waals surface area (Å²) in [6.45, 7) is 5.52. The van der Waals surface area contributed by atoms with Crippen molar-refractivity contribution in [2.75, 3.05) is 18.5 Å². The van der Waals surface area contributed by atoms with Gasteiger partial charge in [-0.05, 0) is 37.8 Å². The molecule has 1 aliphatic rings. The number of benzene rings is 1. The number of hydrogen-bond acceptors (Lipinski definition) is 6. The highest BCUT2D eigenvalue weighted by molar-refractivity contribution is 5.92. The first-order valence-corrected chi connectivity index (χ1v) is 9.96. The molecule has 3 heterocycles. The molecule has 152 valence electrons. The predicted octanol–water partition coefficient (Wildman–Crippen LogP) is 2.07. The summed E-state index contributed by atoms with van der Waals surface area (Å²) in [5.74, 6) is 1.26. The van der Waals surface area contributed by atoms with E-state index >= 15 is 0 Å². The molecule has 0 spiro atoms. The summed E-state index contributed by atoms with van der Waals surface area (Å²) < 4.78 is 1.57. The Morgan fingerprint density at radius 2 is 2.03 bits per heavy atom. The molecule has 0 bridgehead atoms. The zero-order chi connectivity index (χ0) is 20.4. The second kappa shape index (κ2) is 8.02. The van der Waals surface area contributed by atoms with Gasteiger partial charge in [-0.2, -0.15) is 4.52 Å². The number of hydrogen-bond donors (Lipinski definition) is 2. The highest BCUT2D eigenvalue weighted by Crippen LogP contribution is 2.20. The molecule has 3 aromatic rings. The van der Waals surface area contributed by atoms with Crippen molar-refractivity contribution in [2.45, 2.75) is 39.5 Å².